The first-order chi connectivity index (χ1) is 6.18. The molecule has 0 atom stereocenters. The van der Waals surface area contributed by atoms with E-state index < -0.39 is 9.04 Å². The Bertz CT molecular complexity index is 139. The molecule has 0 radical (unpaired) electrons. The minimum atomic E-state index is -0.833. The molecule has 0 aromatic carbocycles. The van der Waals surface area contributed by atoms with E-state index in [0.717, 1.165) is 0 Å². The van der Waals surface area contributed by atoms with Gasteiger partial charge < -0.3 is 4.43 Å². The van der Waals surface area contributed by atoms with Gasteiger partial charge in [0.25, 0.3) is 0 Å². The average molecular weight is 200 g/mol. The normalized spacial score (nSPS) is 21.2. The van der Waals surface area contributed by atoms with E-state index >= 15 is 0 Å². The van der Waals surface area contributed by atoms with Crippen LogP contribution in [0, 0.1) is 0 Å². The Morgan fingerprint density at radius 3 is 2.31 bits per heavy atom. The fourth-order valence-electron chi connectivity index (χ4n) is 2.45. The molecule has 1 aliphatic carbocycles. The van der Waals surface area contributed by atoms with Crippen LogP contribution >= 0.6 is 0 Å². The van der Waals surface area contributed by atoms with Gasteiger partial charge in [-0.25, -0.2) is 0 Å². The summed E-state index contributed by atoms with van der Waals surface area (Å²) in [5.41, 5.74) is 0.330. The van der Waals surface area contributed by atoms with Crippen LogP contribution in [0.2, 0.25) is 13.1 Å². The minimum Gasteiger partial charge on any atom is -0.415 e. The summed E-state index contributed by atoms with van der Waals surface area (Å²) in [5.74, 6) is 0. The van der Waals surface area contributed by atoms with Crippen molar-refractivity contribution in [3.05, 3.63) is 0 Å². The summed E-state index contributed by atoms with van der Waals surface area (Å²) >= 11 is 0. The third-order valence-corrected chi connectivity index (χ3v) is 3.96. The number of hydrogen-bond donors (Lipinski definition) is 0. The van der Waals surface area contributed by atoms with E-state index in [2.05, 4.69) is 20.0 Å². The Balaban J connectivity index is 2.42. The van der Waals surface area contributed by atoms with E-state index in [1.165, 1.54) is 44.9 Å². The van der Waals surface area contributed by atoms with Crippen LogP contribution in [0.25, 0.3) is 0 Å². The van der Waals surface area contributed by atoms with Crippen LogP contribution in [0.4, 0.5) is 0 Å². The molecule has 0 unspecified atom stereocenters. The lowest BCUT2D eigenvalue weighted by Crippen LogP contribution is -2.33. The van der Waals surface area contributed by atoms with Crippen molar-refractivity contribution in [3.63, 3.8) is 0 Å². The molecule has 13 heavy (non-hydrogen) atoms. The summed E-state index contributed by atoms with van der Waals surface area (Å²) in [7, 11) is -0.833. The lowest BCUT2D eigenvalue weighted by molar-refractivity contribution is 0.0636. The molecule has 0 N–H and O–H groups in total. The fourth-order valence-corrected chi connectivity index (χ4v) is 3.80. The molecule has 0 aromatic heterocycles. The fraction of sp³-hybridized carbons (Fsp3) is 1.00. The summed E-state index contributed by atoms with van der Waals surface area (Å²) in [5, 5.41) is 0. The highest BCUT2D eigenvalue weighted by molar-refractivity contribution is 6.48. The van der Waals surface area contributed by atoms with E-state index in [4.69, 9.17) is 4.43 Å². The third kappa shape index (κ3) is 3.43. The molecule has 0 amide bonds. The van der Waals surface area contributed by atoms with Gasteiger partial charge in [0.2, 0.25) is 0 Å². The molecule has 1 nitrogen and oxygen atoms in total. The maximum atomic E-state index is 6.24. The van der Waals surface area contributed by atoms with Crippen LogP contribution < -0.4 is 0 Å². The highest BCUT2D eigenvalue weighted by Gasteiger charge is 2.34. The summed E-state index contributed by atoms with van der Waals surface area (Å²) in [6, 6.07) is 0. The van der Waals surface area contributed by atoms with Gasteiger partial charge in [-0.1, -0.05) is 32.6 Å². The maximum absolute atomic E-state index is 6.24. The van der Waals surface area contributed by atoms with Crippen molar-refractivity contribution in [3.8, 4) is 0 Å². The molecule has 0 aliphatic heterocycles. The van der Waals surface area contributed by atoms with E-state index in [1.54, 1.807) is 0 Å². The van der Waals surface area contributed by atoms with Crippen molar-refractivity contribution >= 4 is 9.04 Å². The smallest absolute Gasteiger partial charge is 0.171 e. The summed E-state index contributed by atoms with van der Waals surface area (Å²) < 4.78 is 6.24. The second-order valence-corrected chi connectivity index (χ2v) is 6.99. The van der Waals surface area contributed by atoms with Gasteiger partial charge in [0.1, 0.15) is 0 Å². The topological polar surface area (TPSA) is 9.23 Å². The molecular formula is C11H24OSi. The highest BCUT2D eigenvalue weighted by atomic mass is 28.3. The van der Waals surface area contributed by atoms with Crippen LogP contribution in [0.3, 0.4) is 0 Å². The molecule has 1 fully saturated rings. The molecule has 0 saturated heterocycles. The second kappa shape index (κ2) is 5.16. The number of rotatable bonds is 5. The summed E-state index contributed by atoms with van der Waals surface area (Å²) in [4.78, 5) is 0. The van der Waals surface area contributed by atoms with Crippen LogP contribution in [-0.4, -0.2) is 14.6 Å². The molecule has 0 heterocycles. The summed E-state index contributed by atoms with van der Waals surface area (Å²) in [6.45, 7) is 6.87. The van der Waals surface area contributed by atoms with Crippen molar-refractivity contribution in [1.82, 2.24) is 0 Å². The van der Waals surface area contributed by atoms with Gasteiger partial charge in [-0.15, -0.1) is 0 Å². The predicted molar refractivity (Wildman–Crippen MR) is 60.7 cm³/mol. The van der Waals surface area contributed by atoms with E-state index in [9.17, 15) is 0 Å². The van der Waals surface area contributed by atoms with E-state index in [0.29, 0.717) is 5.60 Å². The van der Waals surface area contributed by atoms with E-state index in [1.807, 2.05) is 0 Å². The Kier molecular flexibility index (Phi) is 4.46. The molecule has 1 rings (SSSR count). The van der Waals surface area contributed by atoms with Gasteiger partial charge in [-0.05, 0) is 32.4 Å². The Labute approximate surface area is 84.6 Å². The molecule has 0 spiro atoms. The zero-order chi connectivity index (χ0) is 9.73. The second-order valence-electron chi connectivity index (χ2n) is 4.66. The Morgan fingerprint density at radius 2 is 1.85 bits per heavy atom. The van der Waals surface area contributed by atoms with Crippen molar-refractivity contribution < 1.29 is 4.43 Å². The SMILES string of the molecule is CCCCC1(O[SiH](C)C)CCCC1. The Hall–Kier alpha value is 0.177. The summed E-state index contributed by atoms with van der Waals surface area (Å²) in [6.07, 6.45) is 9.42. The molecule has 1 saturated carbocycles. The van der Waals surface area contributed by atoms with Gasteiger partial charge in [0.05, 0.1) is 5.60 Å². The quantitative estimate of drug-likeness (QED) is 0.617. The number of hydrogen-bond acceptors (Lipinski definition) is 1. The van der Waals surface area contributed by atoms with Gasteiger partial charge in [0, 0.05) is 0 Å². The molecule has 78 valence electrons. The van der Waals surface area contributed by atoms with Crippen molar-refractivity contribution in [2.24, 2.45) is 0 Å². The van der Waals surface area contributed by atoms with Crippen molar-refractivity contribution in [1.29, 1.82) is 0 Å². The van der Waals surface area contributed by atoms with Gasteiger partial charge >= 0.3 is 0 Å². The molecule has 0 bridgehead atoms. The van der Waals surface area contributed by atoms with Crippen molar-refractivity contribution in [2.45, 2.75) is 70.6 Å². The minimum absolute atomic E-state index is 0.330. The first-order valence-electron chi connectivity index (χ1n) is 5.86. The predicted octanol–water partition coefficient (Wildman–Crippen LogP) is 3.49. The molecule has 2 heteroatoms. The highest BCUT2D eigenvalue weighted by Crippen LogP contribution is 2.37. The maximum Gasteiger partial charge on any atom is 0.171 e. The van der Waals surface area contributed by atoms with E-state index in [-0.39, 0.29) is 0 Å². The molecule has 1 aliphatic rings. The monoisotopic (exact) mass is 200 g/mol. The molecular weight excluding hydrogens is 176 g/mol. The third-order valence-electron chi connectivity index (χ3n) is 2.99. The average Bonchev–Trinajstić information content (AvgIpc) is 2.49. The van der Waals surface area contributed by atoms with Gasteiger partial charge in [0.15, 0.2) is 9.04 Å². The standard InChI is InChI=1S/C11H24OSi/c1-4-5-8-11(12-13(2)3)9-6-7-10-11/h13H,4-10H2,1-3H3. The van der Waals surface area contributed by atoms with Crippen LogP contribution in [0.15, 0.2) is 0 Å². The Morgan fingerprint density at radius 1 is 1.23 bits per heavy atom. The molecule has 0 aromatic rings. The largest absolute Gasteiger partial charge is 0.415 e. The van der Waals surface area contributed by atoms with Crippen LogP contribution in [0.1, 0.15) is 51.9 Å². The zero-order valence-electron chi connectivity index (χ0n) is 9.44. The number of unbranched alkanes of at least 4 members (excludes halogenated alkanes) is 1. The van der Waals surface area contributed by atoms with Crippen molar-refractivity contribution in [2.75, 3.05) is 0 Å². The zero-order valence-corrected chi connectivity index (χ0v) is 10.6. The van der Waals surface area contributed by atoms with Gasteiger partial charge in [-0.2, -0.15) is 0 Å². The first kappa shape index (κ1) is 11.3. The first-order valence-corrected chi connectivity index (χ1v) is 8.64. The van der Waals surface area contributed by atoms with Crippen LogP contribution in [0.5, 0.6) is 0 Å². The lowest BCUT2D eigenvalue weighted by Gasteiger charge is -2.32. The van der Waals surface area contributed by atoms with Crippen LogP contribution in [-0.2, 0) is 4.43 Å². The van der Waals surface area contributed by atoms with Gasteiger partial charge in [-0.3, -0.25) is 0 Å². The lowest BCUT2D eigenvalue weighted by atomic mass is 9.95.